The zero-order valence-electron chi connectivity index (χ0n) is 10.3. The van der Waals surface area contributed by atoms with Gasteiger partial charge in [-0.2, -0.15) is 5.10 Å². The summed E-state index contributed by atoms with van der Waals surface area (Å²) in [5.74, 6) is 0.765. The Morgan fingerprint density at radius 1 is 1.21 bits per heavy atom. The summed E-state index contributed by atoms with van der Waals surface area (Å²) < 4.78 is 18.6. The minimum Gasteiger partial charge on any atom is -0.496 e. The molecule has 0 bridgehead atoms. The van der Waals surface area contributed by atoms with Gasteiger partial charge in [0.15, 0.2) is 5.82 Å². The Labute approximate surface area is 109 Å². The fourth-order valence-electron chi connectivity index (χ4n) is 2.11. The number of rotatable bonds is 2. The number of hydrogen-bond donors (Lipinski definition) is 2. The summed E-state index contributed by atoms with van der Waals surface area (Å²) in [6, 6.07) is 10.0. The SMILES string of the molecule is COc1ccc(F)cc1-c1ccc2c(N)n[nH]c2c1. The van der Waals surface area contributed by atoms with Crippen molar-refractivity contribution in [3.63, 3.8) is 0 Å². The second-order valence-electron chi connectivity index (χ2n) is 4.21. The van der Waals surface area contributed by atoms with Gasteiger partial charge in [-0.1, -0.05) is 6.07 Å². The molecule has 0 saturated heterocycles. The first-order chi connectivity index (χ1) is 9.19. The quantitative estimate of drug-likeness (QED) is 0.741. The average molecular weight is 257 g/mol. The van der Waals surface area contributed by atoms with E-state index in [1.54, 1.807) is 13.2 Å². The van der Waals surface area contributed by atoms with Gasteiger partial charge in [0, 0.05) is 10.9 Å². The fraction of sp³-hybridized carbons (Fsp3) is 0.0714. The fourth-order valence-corrected chi connectivity index (χ4v) is 2.11. The van der Waals surface area contributed by atoms with E-state index in [-0.39, 0.29) is 5.82 Å². The van der Waals surface area contributed by atoms with Crippen LogP contribution in [-0.4, -0.2) is 17.3 Å². The van der Waals surface area contributed by atoms with Crippen LogP contribution in [0.15, 0.2) is 36.4 Å². The van der Waals surface area contributed by atoms with E-state index in [9.17, 15) is 4.39 Å². The van der Waals surface area contributed by atoms with Crippen molar-refractivity contribution in [2.45, 2.75) is 0 Å². The number of aromatic amines is 1. The van der Waals surface area contributed by atoms with Crippen LogP contribution in [0.5, 0.6) is 5.75 Å². The summed E-state index contributed by atoms with van der Waals surface area (Å²) in [4.78, 5) is 0. The van der Waals surface area contributed by atoms with E-state index in [1.807, 2.05) is 18.2 Å². The lowest BCUT2D eigenvalue weighted by atomic mass is 10.0. The Balaban J connectivity index is 2.21. The maximum atomic E-state index is 13.4. The van der Waals surface area contributed by atoms with E-state index in [2.05, 4.69) is 10.2 Å². The van der Waals surface area contributed by atoms with Crippen LogP contribution < -0.4 is 10.5 Å². The summed E-state index contributed by atoms with van der Waals surface area (Å²) in [6.07, 6.45) is 0. The van der Waals surface area contributed by atoms with Crippen LogP contribution in [0.4, 0.5) is 10.2 Å². The second kappa shape index (κ2) is 4.28. The first-order valence-corrected chi connectivity index (χ1v) is 5.76. The number of H-pyrrole nitrogens is 1. The molecular formula is C14H12FN3O. The van der Waals surface area contributed by atoms with Crippen molar-refractivity contribution in [3.05, 3.63) is 42.2 Å². The third-order valence-corrected chi connectivity index (χ3v) is 3.06. The lowest BCUT2D eigenvalue weighted by Crippen LogP contribution is -1.89. The Bertz CT molecular complexity index is 752. The number of aromatic nitrogens is 2. The van der Waals surface area contributed by atoms with Crippen molar-refractivity contribution in [3.8, 4) is 16.9 Å². The molecule has 0 unspecified atom stereocenters. The molecule has 0 aliphatic carbocycles. The number of nitrogen functional groups attached to an aromatic ring is 1. The molecule has 2 aromatic carbocycles. The highest BCUT2D eigenvalue weighted by Crippen LogP contribution is 2.32. The van der Waals surface area contributed by atoms with Gasteiger partial charge in [0.25, 0.3) is 0 Å². The third-order valence-electron chi connectivity index (χ3n) is 3.06. The Kier molecular flexibility index (Phi) is 2.59. The summed E-state index contributed by atoms with van der Waals surface area (Å²) in [6.45, 7) is 0. The molecule has 0 fully saturated rings. The minimum atomic E-state index is -0.306. The molecular weight excluding hydrogens is 245 g/mol. The molecule has 0 radical (unpaired) electrons. The van der Waals surface area contributed by atoms with Crippen LogP contribution in [0.25, 0.3) is 22.0 Å². The predicted octanol–water partition coefficient (Wildman–Crippen LogP) is 2.96. The van der Waals surface area contributed by atoms with Gasteiger partial charge in [-0.25, -0.2) is 4.39 Å². The molecule has 0 aliphatic rings. The zero-order valence-corrected chi connectivity index (χ0v) is 10.3. The molecule has 0 atom stereocenters. The van der Waals surface area contributed by atoms with Crippen LogP contribution in [0, 0.1) is 5.82 Å². The molecule has 3 N–H and O–H groups in total. The normalized spacial score (nSPS) is 10.8. The lowest BCUT2D eigenvalue weighted by molar-refractivity contribution is 0.415. The van der Waals surface area contributed by atoms with Gasteiger partial charge in [-0.15, -0.1) is 0 Å². The Hall–Kier alpha value is -2.56. The lowest BCUT2D eigenvalue weighted by Gasteiger charge is -2.08. The summed E-state index contributed by atoms with van der Waals surface area (Å²) >= 11 is 0. The number of fused-ring (bicyclic) bond motifs is 1. The number of halogens is 1. The molecule has 3 rings (SSSR count). The van der Waals surface area contributed by atoms with Crippen LogP contribution in [-0.2, 0) is 0 Å². The number of nitrogens with two attached hydrogens (primary N) is 1. The van der Waals surface area contributed by atoms with Crippen LogP contribution in [0.2, 0.25) is 0 Å². The second-order valence-corrected chi connectivity index (χ2v) is 4.21. The summed E-state index contributed by atoms with van der Waals surface area (Å²) in [5.41, 5.74) is 8.06. The molecule has 96 valence electrons. The van der Waals surface area contributed by atoms with E-state index in [0.717, 1.165) is 16.5 Å². The van der Waals surface area contributed by atoms with Gasteiger partial charge >= 0.3 is 0 Å². The Morgan fingerprint density at radius 3 is 2.84 bits per heavy atom. The monoisotopic (exact) mass is 257 g/mol. The Morgan fingerprint density at radius 2 is 2.05 bits per heavy atom. The van der Waals surface area contributed by atoms with Gasteiger partial charge in [0.2, 0.25) is 0 Å². The molecule has 5 heteroatoms. The number of nitrogens with zero attached hydrogens (tertiary/aromatic N) is 1. The van der Waals surface area contributed by atoms with Crippen molar-refractivity contribution < 1.29 is 9.13 Å². The number of methoxy groups -OCH3 is 1. The molecule has 0 amide bonds. The molecule has 0 saturated carbocycles. The zero-order chi connectivity index (χ0) is 13.4. The predicted molar refractivity (Wildman–Crippen MR) is 72.5 cm³/mol. The minimum absolute atomic E-state index is 0.306. The van der Waals surface area contributed by atoms with Crippen molar-refractivity contribution in [1.29, 1.82) is 0 Å². The highest BCUT2D eigenvalue weighted by atomic mass is 19.1. The molecule has 19 heavy (non-hydrogen) atoms. The number of benzene rings is 2. The van der Waals surface area contributed by atoms with Crippen LogP contribution in [0.3, 0.4) is 0 Å². The summed E-state index contributed by atoms with van der Waals surface area (Å²) in [5, 5.41) is 7.63. The molecule has 4 nitrogen and oxygen atoms in total. The maximum Gasteiger partial charge on any atom is 0.153 e. The standard InChI is InChI=1S/C14H12FN3O/c1-19-13-5-3-9(15)7-11(13)8-2-4-10-12(6-8)17-18-14(10)16/h2-7H,1H3,(H3,16,17,18). The first kappa shape index (κ1) is 11.5. The largest absolute Gasteiger partial charge is 0.496 e. The number of nitrogens with one attached hydrogen (secondary N) is 1. The molecule has 0 spiro atoms. The smallest absolute Gasteiger partial charge is 0.153 e. The van der Waals surface area contributed by atoms with Gasteiger partial charge in [-0.05, 0) is 35.9 Å². The van der Waals surface area contributed by atoms with E-state index >= 15 is 0 Å². The van der Waals surface area contributed by atoms with Crippen molar-refractivity contribution in [2.75, 3.05) is 12.8 Å². The highest BCUT2D eigenvalue weighted by Gasteiger charge is 2.09. The number of ether oxygens (including phenoxy) is 1. The van der Waals surface area contributed by atoms with Crippen LogP contribution >= 0.6 is 0 Å². The number of anilines is 1. The van der Waals surface area contributed by atoms with Crippen molar-refractivity contribution >= 4 is 16.7 Å². The summed E-state index contributed by atoms with van der Waals surface area (Å²) in [7, 11) is 1.56. The molecule has 0 aliphatic heterocycles. The van der Waals surface area contributed by atoms with Gasteiger partial charge in [0.05, 0.1) is 12.6 Å². The van der Waals surface area contributed by atoms with Crippen molar-refractivity contribution in [2.24, 2.45) is 0 Å². The number of hydrogen-bond acceptors (Lipinski definition) is 3. The van der Waals surface area contributed by atoms with E-state index in [1.165, 1.54) is 12.1 Å². The highest BCUT2D eigenvalue weighted by molar-refractivity contribution is 5.92. The first-order valence-electron chi connectivity index (χ1n) is 5.76. The van der Waals surface area contributed by atoms with Gasteiger partial charge < -0.3 is 10.5 Å². The molecule has 3 aromatic rings. The average Bonchev–Trinajstić information content (AvgIpc) is 2.80. The van der Waals surface area contributed by atoms with E-state index in [0.29, 0.717) is 17.1 Å². The third kappa shape index (κ3) is 1.89. The van der Waals surface area contributed by atoms with Crippen LogP contribution in [0.1, 0.15) is 0 Å². The van der Waals surface area contributed by atoms with E-state index in [4.69, 9.17) is 10.5 Å². The molecule has 1 aromatic heterocycles. The van der Waals surface area contributed by atoms with E-state index < -0.39 is 0 Å². The van der Waals surface area contributed by atoms with Gasteiger partial charge in [0.1, 0.15) is 11.6 Å². The maximum absolute atomic E-state index is 13.4. The van der Waals surface area contributed by atoms with Gasteiger partial charge in [-0.3, -0.25) is 5.10 Å². The molecule has 1 heterocycles. The topological polar surface area (TPSA) is 63.9 Å². The van der Waals surface area contributed by atoms with Crippen molar-refractivity contribution in [1.82, 2.24) is 10.2 Å².